The van der Waals surface area contributed by atoms with Gasteiger partial charge in [-0.25, -0.2) is 0 Å². The number of hydrogen-bond donors (Lipinski definition) is 0. The highest BCUT2D eigenvalue weighted by Crippen LogP contribution is 2.30. The van der Waals surface area contributed by atoms with Gasteiger partial charge in [-0.05, 0) is 58.3 Å². The molecule has 2 fully saturated rings. The van der Waals surface area contributed by atoms with E-state index in [-0.39, 0.29) is 12.2 Å². The topological polar surface area (TPSA) is 55.6 Å². The zero-order valence-electron chi connectivity index (χ0n) is 17.0. The Morgan fingerprint density at radius 1 is 1.25 bits per heavy atom. The molecule has 28 heavy (non-hydrogen) atoms. The fourth-order valence-electron chi connectivity index (χ4n) is 4.55. The van der Waals surface area contributed by atoms with E-state index in [4.69, 9.17) is 4.74 Å². The number of fused-ring (bicyclic) bond motifs is 1. The van der Waals surface area contributed by atoms with E-state index < -0.39 is 0 Å². The molecule has 0 radical (unpaired) electrons. The van der Waals surface area contributed by atoms with Crippen LogP contribution in [-0.2, 0) is 4.74 Å². The number of nitriles is 1. The van der Waals surface area contributed by atoms with E-state index in [1.807, 2.05) is 12.1 Å². The molecule has 2 aliphatic rings. The molecule has 0 saturated carbocycles. The Labute approximate surface area is 167 Å². The van der Waals surface area contributed by atoms with Crippen molar-refractivity contribution in [3.63, 3.8) is 0 Å². The highest BCUT2D eigenvalue weighted by atomic mass is 16.5. The van der Waals surface area contributed by atoms with Crippen molar-refractivity contribution >= 4 is 16.6 Å². The second-order valence-electron chi connectivity index (χ2n) is 8.28. The van der Waals surface area contributed by atoms with Crippen LogP contribution < -0.4 is 4.90 Å². The summed E-state index contributed by atoms with van der Waals surface area (Å²) >= 11 is 0. The van der Waals surface area contributed by atoms with E-state index in [1.165, 1.54) is 6.42 Å². The van der Waals surface area contributed by atoms with Gasteiger partial charge >= 0.3 is 0 Å². The Bertz CT molecular complexity index is 877. The predicted octanol–water partition coefficient (Wildman–Crippen LogP) is 2.34. The molecule has 2 aromatic rings. The molecule has 6 heteroatoms. The van der Waals surface area contributed by atoms with Crippen LogP contribution in [0.4, 0.5) is 5.69 Å². The fraction of sp³-hybridized carbons (Fsp3) is 0.545. The number of ether oxygens (including phenoxy) is 1. The summed E-state index contributed by atoms with van der Waals surface area (Å²) in [6, 6.07) is 10.9. The maximum atomic E-state index is 9.41. The molecule has 0 aliphatic carbocycles. The van der Waals surface area contributed by atoms with Gasteiger partial charge in [-0.3, -0.25) is 9.88 Å². The Morgan fingerprint density at radius 3 is 2.86 bits per heavy atom. The van der Waals surface area contributed by atoms with Crippen LogP contribution in [0.2, 0.25) is 0 Å². The number of nitrogens with zero attached hydrogens (tertiary/aromatic N) is 5. The van der Waals surface area contributed by atoms with Crippen LogP contribution in [0.15, 0.2) is 30.5 Å². The lowest BCUT2D eigenvalue weighted by Crippen LogP contribution is -2.50. The molecule has 1 aromatic heterocycles. The monoisotopic (exact) mass is 379 g/mol. The van der Waals surface area contributed by atoms with Crippen molar-refractivity contribution in [3.8, 4) is 6.07 Å². The predicted molar refractivity (Wildman–Crippen MR) is 112 cm³/mol. The van der Waals surface area contributed by atoms with Crippen LogP contribution >= 0.6 is 0 Å². The molecule has 2 saturated heterocycles. The van der Waals surface area contributed by atoms with Gasteiger partial charge in [0, 0.05) is 49.5 Å². The lowest BCUT2D eigenvalue weighted by molar-refractivity contribution is -0.0299. The molecule has 6 nitrogen and oxygen atoms in total. The first-order chi connectivity index (χ1) is 13.5. The summed E-state index contributed by atoms with van der Waals surface area (Å²) in [4.78, 5) is 11.7. The van der Waals surface area contributed by atoms with Gasteiger partial charge in [0.25, 0.3) is 0 Å². The van der Waals surface area contributed by atoms with Gasteiger partial charge in [0.05, 0.1) is 23.3 Å². The van der Waals surface area contributed by atoms with E-state index in [0.29, 0.717) is 11.6 Å². The number of hydrogen-bond acceptors (Lipinski definition) is 6. The van der Waals surface area contributed by atoms with E-state index in [1.54, 1.807) is 6.20 Å². The maximum Gasteiger partial charge on any atom is 0.101 e. The Morgan fingerprint density at radius 2 is 2.11 bits per heavy atom. The lowest BCUT2D eigenvalue weighted by Gasteiger charge is -2.40. The molecule has 148 valence electrons. The van der Waals surface area contributed by atoms with Gasteiger partial charge in [0.15, 0.2) is 0 Å². The molecule has 0 spiro atoms. The first-order valence-electron chi connectivity index (χ1n) is 10.1. The largest absolute Gasteiger partial charge is 0.370 e. The standard InChI is InChI=1S/C22H29N5O/c1-16-12-27(15-19(28-16)14-26-10-8-18(13-26)25(2)3)21-7-6-17(11-23)22-20(21)5-4-9-24-22/h4-7,9,16,18-19H,8,10,12-15H2,1-3H3/t16-,18-,19-/m1/s1. The maximum absolute atomic E-state index is 9.41. The highest BCUT2D eigenvalue weighted by Gasteiger charge is 2.31. The average molecular weight is 380 g/mol. The van der Waals surface area contributed by atoms with E-state index in [2.05, 4.69) is 58.9 Å². The van der Waals surface area contributed by atoms with Crippen LogP contribution in [-0.4, -0.2) is 79.9 Å². The van der Waals surface area contributed by atoms with Crippen LogP contribution in [0.5, 0.6) is 0 Å². The molecule has 4 rings (SSSR count). The molecule has 1 aromatic carbocycles. The number of rotatable bonds is 4. The van der Waals surface area contributed by atoms with Gasteiger partial charge in [-0.1, -0.05) is 0 Å². The summed E-state index contributed by atoms with van der Waals surface area (Å²) in [7, 11) is 4.33. The number of benzene rings is 1. The lowest BCUT2D eigenvalue weighted by atomic mass is 10.1. The highest BCUT2D eigenvalue weighted by molar-refractivity contribution is 5.95. The third kappa shape index (κ3) is 3.83. The molecule has 0 N–H and O–H groups in total. The molecule has 0 bridgehead atoms. The summed E-state index contributed by atoms with van der Waals surface area (Å²) in [5, 5.41) is 10.5. The summed E-state index contributed by atoms with van der Waals surface area (Å²) < 4.78 is 6.29. The Hall–Kier alpha value is -2.20. The van der Waals surface area contributed by atoms with E-state index >= 15 is 0 Å². The van der Waals surface area contributed by atoms with Crippen molar-refractivity contribution in [2.24, 2.45) is 0 Å². The van der Waals surface area contributed by atoms with Crippen LogP contribution in [0.25, 0.3) is 10.9 Å². The van der Waals surface area contributed by atoms with Crippen molar-refractivity contribution < 1.29 is 4.74 Å². The summed E-state index contributed by atoms with van der Waals surface area (Å²) in [6.07, 6.45) is 3.34. The molecule has 0 unspecified atom stereocenters. The van der Waals surface area contributed by atoms with Crippen molar-refractivity contribution in [2.75, 3.05) is 51.7 Å². The van der Waals surface area contributed by atoms with E-state index in [9.17, 15) is 5.26 Å². The van der Waals surface area contributed by atoms with E-state index in [0.717, 1.165) is 49.3 Å². The van der Waals surface area contributed by atoms with Gasteiger partial charge in [0.2, 0.25) is 0 Å². The summed E-state index contributed by atoms with van der Waals surface area (Å²) in [5.74, 6) is 0. The summed E-state index contributed by atoms with van der Waals surface area (Å²) in [6.45, 7) is 7.09. The van der Waals surface area contributed by atoms with Crippen LogP contribution in [0, 0.1) is 11.3 Å². The number of morpholine rings is 1. The number of likely N-dealkylation sites (tertiary alicyclic amines) is 1. The van der Waals surface area contributed by atoms with Gasteiger partial charge in [0.1, 0.15) is 6.07 Å². The third-order valence-electron chi connectivity index (χ3n) is 5.97. The number of aromatic nitrogens is 1. The number of pyridine rings is 1. The first-order valence-corrected chi connectivity index (χ1v) is 10.1. The van der Waals surface area contributed by atoms with Crippen molar-refractivity contribution in [3.05, 3.63) is 36.0 Å². The molecule has 2 aliphatic heterocycles. The number of likely N-dealkylation sites (N-methyl/N-ethyl adjacent to an activating group) is 1. The summed E-state index contributed by atoms with van der Waals surface area (Å²) in [5.41, 5.74) is 2.56. The normalized spacial score (nSPS) is 26.1. The molecular formula is C22H29N5O. The zero-order valence-corrected chi connectivity index (χ0v) is 17.0. The second-order valence-corrected chi connectivity index (χ2v) is 8.28. The van der Waals surface area contributed by atoms with Gasteiger partial charge in [-0.15, -0.1) is 0 Å². The van der Waals surface area contributed by atoms with Gasteiger partial charge in [-0.2, -0.15) is 5.26 Å². The van der Waals surface area contributed by atoms with Crippen LogP contribution in [0.3, 0.4) is 0 Å². The second kappa shape index (κ2) is 8.04. The Kier molecular flexibility index (Phi) is 5.49. The zero-order chi connectivity index (χ0) is 19.7. The molecule has 3 atom stereocenters. The van der Waals surface area contributed by atoms with Crippen molar-refractivity contribution in [2.45, 2.75) is 31.6 Å². The quantitative estimate of drug-likeness (QED) is 0.813. The first kappa shape index (κ1) is 19.1. The third-order valence-corrected chi connectivity index (χ3v) is 5.97. The van der Waals surface area contributed by atoms with Crippen molar-refractivity contribution in [1.29, 1.82) is 5.26 Å². The minimum Gasteiger partial charge on any atom is -0.370 e. The smallest absolute Gasteiger partial charge is 0.101 e. The minimum absolute atomic E-state index is 0.174. The van der Waals surface area contributed by atoms with Gasteiger partial charge < -0.3 is 14.5 Å². The van der Waals surface area contributed by atoms with Crippen molar-refractivity contribution in [1.82, 2.24) is 14.8 Å². The SMILES string of the molecule is C[C@@H]1CN(c2ccc(C#N)c3ncccc23)C[C@@H](CN2CC[C@@H](N(C)C)C2)O1. The number of anilines is 1. The minimum atomic E-state index is 0.174. The molecule has 3 heterocycles. The Balaban J connectivity index is 1.53. The molecule has 0 amide bonds. The fourth-order valence-corrected chi connectivity index (χ4v) is 4.55. The average Bonchev–Trinajstić information content (AvgIpc) is 3.15. The van der Waals surface area contributed by atoms with Crippen LogP contribution in [0.1, 0.15) is 18.9 Å². The molecular weight excluding hydrogens is 350 g/mol.